The Morgan fingerprint density at radius 3 is 1.98 bits per heavy atom. The molecule has 266 valence electrons. The first-order valence-corrected chi connectivity index (χ1v) is 20.1. The van der Waals surface area contributed by atoms with E-state index in [1.165, 1.54) is 53.1 Å². The number of hydrogen-bond donors (Lipinski definition) is 1. The van der Waals surface area contributed by atoms with Crippen LogP contribution in [0.4, 0.5) is 0 Å². The number of fused-ring (bicyclic) bond motifs is 9. The van der Waals surface area contributed by atoms with Crippen LogP contribution >= 0.6 is 11.3 Å². The second-order valence-corrected chi connectivity index (χ2v) is 15.7. The largest absolute Gasteiger partial charge is 0.339 e. The molecular weight excluding hydrogens is 713 g/mol. The second-order valence-electron chi connectivity index (χ2n) is 14.7. The highest BCUT2D eigenvalue weighted by atomic mass is 32.1. The van der Waals surface area contributed by atoms with Gasteiger partial charge in [0, 0.05) is 58.7 Å². The Hall–Kier alpha value is -7.34. The molecule has 0 saturated heterocycles. The van der Waals surface area contributed by atoms with Gasteiger partial charge in [0.2, 0.25) is 0 Å². The zero-order chi connectivity index (χ0) is 37.5. The number of rotatable bonds is 5. The summed E-state index contributed by atoms with van der Waals surface area (Å²) < 4.78 is 5.07. The lowest BCUT2D eigenvalue weighted by atomic mass is 10.0. The van der Waals surface area contributed by atoms with Crippen LogP contribution in [-0.4, -0.2) is 19.5 Å². The van der Waals surface area contributed by atoms with Gasteiger partial charge in [-0.2, -0.15) is 0 Å². The summed E-state index contributed by atoms with van der Waals surface area (Å²) >= 11 is 1.88. The number of nitrogens with one attached hydrogen (secondary N) is 1. The summed E-state index contributed by atoms with van der Waals surface area (Å²) in [4.78, 5) is 13.9. The molecule has 0 spiro atoms. The van der Waals surface area contributed by atoms with Crippen molar-refractivity contribution in [1.82, 2.24) is 19.5 Å². The average molecular weight is 745 g/mol. The molecule has 4 heterocycles. The minimum atomic E-state index is 0.705. The second kappa shape index (κ2) is 12.6. The van der Waals surface area contributed by atoms with Crippen molar-refractivity contribution in [3.8, 4) is 50.6 Å². The molecule has 0 fully saturated rings. The summed E-state index contributed by atoms with van der Waals surface area (Å²) in [5, 5.41) is 7.26. The van der Waals surface area contributed by atoms with Gasteiger partial charge in [0.1, 0.15) is 5.65 Å². The smallest absolute Gasteiger partial charge is 0.162 e. The minimum absolute atomic E-state index is 0.705. The molecule has 4 nitrogen and oxygen atoms in total. The Morgan fingerprint density at radius 2 is 1.11 bits per heavy atom. The van der Waals surface area contributed by atoms with Gasteiger partial charge >= 0.3 is 0 Å². The van der Waals surface area contributed by atoms with Crippen LogP contribution in [0.15, 0.2) is 188 Å². The van der Waals surface area contributed by atoms with Crippen molar-refractivity contribution in [2.24, 2.45) is 0 Å². The molecular formula is C52H32N4S. The molecule has 0 atom stereocenters. The number of nitrogens with zero attached hydrogens (tertiary/aromatic N) is 3. The van der Waals surface area contributed by atoms with Crippen LogP contribution < -0.4 is 0 Å². The van der Waals surface area contributed by atoms with Crippen LogP contribution in [0.1, 0.15) is 0 Å². The van der Waals surface area contributed by atoms with Gasteiger partial charge in [0.05, 0.1) is 22.1 Å². The fraction of sp³-hybridized carbons (Fsp3) is 0. The SMILES string of the molecule is c1ccc(-c2nc(-c3ccccc3)c3c(n2)[nH]c2ccc(-c4cccc(-n5c6ccccc6c6cc(-c7cccc8c7sc7ccccc78)ccc65)c4)cc23)cc1. The first kappa shape index (κ1) is 32.0. The fourth-order valence-corrected chi connectivity index (χ4v) is 9.95. The lowest BCUT2D eigenvalue weighted by molar-refractivity contribution is 1.18. The first-order chi connectivity index (χ1) is 28.2. The molecule has 0 aliphatic rings. The number of benzene rings is 8. The Labute approximate surface area is 332 Å². The molecule has 12 rings (SSSR count). The van der Waals surface area contributed by atoms with Gasteiger partial charge in [-0.1, -0.05) is 140 Å². The molecule has 5 heteroatoms. The van der Waals surface area contributed by atoms with Gasteiger partial charge in [-0.15, -0.1) is 11.3 Å². The molecule has 0 aliphatic heterocycles. The molecule has 1 N–H and O–H groups in total. The van der Waals surface area contributed by atoms with Crippen LogP contribution in [0.5, 0.6) is 0 Å². The molecule has 0 aliphatic carbocycles. The fourth-order valence-electron chi connectivity index (χ4n) is 8.71. The van der Waals surface area contributed by atoms with Crippen LogP contribution in [0.25, 0.3) is 115 Å². The number of aromatic nitrogens is 4. The van der Waals surface area contributed by atoms with Crippen molar-refractivity contribution >= 4 is 75.3 Å². The summed E-state index contributed by atoms with van der Waals surface area (Å²) in [6.45, 7) is 0. The maximum absolute atomic E-state index is 5.19. The molecule has 0 bridgehead atoms. The highest BCUT2D eigenvalue weighted by Gasteiger charge is 2.19. The summed E-state index contributed by atoms with van der Waals surface area (Å²) in [5.74, 6) is 0.705. The molecule has 8 aromatic carbocycles. The van der Waals surface area contributed by atoms with Gasteiger partial charge in [0.25, 0.3) is 0 Å². The van der Waals surface area contributed by atoms with E-state index in [1.54, 1.807) is 0 Å². The Balaban J connectivity index is 1.00. The third-order valence-corrected chi connectivity index (χ3v) is 12.6. The van der Waals surface area contributed by atoms with E-state index in [-0.39, 0.29) is 0 Å². The number of hydrogen-bond acceptors (Lipinski definition) is 3. The minimum Gasteiger partial charge on any atom is -0.339 e. The van der Waals surface area contributed by atoms with Crippen molar-refractivity contribution in [2.75, 3.05) is 0 Å². The molecule has 0 saturated carbocycles. The van der Waals surface area contributed by atoms with Crippen molar-refractivity contribution < 1.29 is 0 Å². The van der Waals surface area contributed by atoms with Gasteiger partial charge in [-0.25, -0.2) is 9.97 Å². The maximum atomic E-state index is 5.19. The monoisotopic (exact) mass is 744 g/mol. The quantitative estimate of drug-likeness (QED) is 0.191. The third-order valence-electron chi connectivity index (χ3n) is 11.4. The van der Waals surface area contributed by atoms with E-state index in [2.05, 4.69) is 173 Å². The number of thiophene rings is 1. The van der Waals surface area contributed by atoms with Crippen molar-refractivity contribution in [2.45, 2.75) is 0 Å². The van der Waals surface area contributed by atoms with Crippen LogP contribution in [-0.2, 0) is 0 Å². The molecule has 0 amide bonds. The van der Waals surface area contributed by atoms with Gasteiger partial charge < -0.3 is 9.55 Å². The number of para-hydroxylation sites is 1. The number of aromatic amines is 1. The Morgan fingerprint density at radius 1 is 0.439 bits per heavy atom. The highest BCUT2D eigenvalue weighted by Crippen LogP contribution is 2.42. The van der Waals surface area contributed by atoms with E-state index in [9.17, 15) is 0 Å². The summed E-state index contributed by atoms with van der Waals surface area (Å²) in [6, 6.07) is 67.4. The summed E-state index contributed by atoms with van der Waals surface area (Å²) in [7, 11) is 0. The van der Waals surface area contributed by atoms with E-state index >= 15 is 0 Å². The van der Waals surface area contributed by atoms with E-state index in [0.29, 0.717) is 5.82 Å². The van der Waals surface area contributed by atoms with E-state index in [0.717, 1.165) is 55.6 Å². The molecule has 0 radical (unpaired) electrons. The molecule has 0 unspecified atom stereocenters. The standard InChI is InChI=1S/C52H32N4S/c1-3-13-32(14-4-1)49-48-43-30-35(25-27-44(43)53-52(48)55-51(54-49)33-15-5-2-6-16-33)34-17-11-18-37(29-34)56-45-23-9-7-19-39(45)42-31-36(26-28-46(42)56)38-21-12-22-41-40-20-8-10-24-47(40)57-50(38)41/h1-31H,(H,53,54,55). The summed E-state index contributed by atoms with van der Waals surface area (Å²) in [6.07, 6.45) is 0. The number of H-pyrrole nitrogens is 1. The van der Waals surface area contributed by atoms with E-state index in [4.69, 9.17) is 9.97 Å². The van der Waals surface area contributed by atoms with Gasteiger partial charge in [0.15, 0.2) is 5.82 Å². The van der Waals surface area contributed by atoms with Crippen molar-refractivity contribution in [3.63, 3.8) is 0 Å². The summed E-state index contributed by atoms with van der Waals surface area (Å²) in [5.41, 5.74) is 13.1. The van der Waals surface area contributed by atoms with E-state index in [1.807, 2.05) is 35.6 Å². The topological polar surface area (TPSA) is 46.5 Å². The predicted molar refractivity (Wildman–Crippen MR) is 240 cm³/mol. The first-order valence-electron chi connectivity index (χ1n) is 19.2. The Kier molecular flexibility index (Phi) is 7.06. The van der Waals surface area contributed by atoms with Crippen LogP contribution in [0.3, 0.4) is 0 Å². The predicted octanol–water partition coefficient (Wildman–Crippen LogP) is 14.2. The highest BCUT2D eigenvalue weighted by molar-refractivity contribution is 7.26. The van der Waals surface area contributed by atoms with Crippen molar-refractivity contribution in [1.29, 1.82) is 0 Å². The zero-order valence-corrected chi connectivity index (χ0v) is 31.5. The van der Waals surface area contributed by atoms with Gasteiger partial charge in [-0.3, -0.25) is 0 Å². The maximum Gasteiger partial charge on any atom is 0.162 e. The van der Waals surface area contributed by atoms with Crippen LogP contribution in [0.2, 0.25) is 0 Å². The third kappa shape index (κ3) is 5.06. The average Bonchev–Trinajstić information content (AvgIpc) is 3.96. The lowest BCUT2D eigenvalue weighted by Crippen LogP contribution is -1.94. The lowest BCUT2D eigenvalue weighted by Gasteiger charge is -2.11. The van der Waals surface area contributed by atoms with E-state index < -0.39 is 0 Å². The normalized spacial score (nSPS) is 11.9. The molecule has 57 heavy (non-hydrogen) atoms. The zero-order valence-electron chi connectivity index (χ0n) is 30.6. The van der Waals surface area contributed by atoms with Gasteiger partial charge in [-0.05, 0) is 70.8 Å². The van der Waals surface area contributed by atoms with Crippen LogP contribution in [0, 0.1) is 0 Å². The molecule has 12 aromatic rings. The van der Waals surface area contributed by atoms with Crippen molar-refractivity contribution in [3.05, 3.63) is 188 Å². The molecule has 4 aromatic heterocycles. The Bertz CT molecular complexity index is 3520.